The Morgan fingerprint density at radius 1 is 1.41 bits per heavy atom. The number of fused-ring (bicyclic) bond motifs is 1. The van der Waals surface area contributed by atoms with Gasteiger partial charge in [0.25, 0.3) is 5.91 Å². The summed E-state index contributed by atoms with van der Waals surface area (Å²) in [6.07, 6.45) is 1.71. The van der Waals surface area contributed by atoms with Gasteiger partial charge in [0.05, 0.1) is 5.52 Å². The van der Waals surface area contributed by atoms with Crippen molar-refractivity contribution >= 4 is 16.8 Å². The molecule has 3 rings (SSSR count). The van der Waals surface area contributed by atoms with Crippen molar-refractivity contribution in [1.82, 2.24) is 15.1 Å². The highest BCUT2D eigenvalue weighted by Gasteiger charge is 2.31. The smallest absolute Gasteiger partial charge is 0.278 e. The number of para-hydroxylation sites is 1. The van der Waals surface area contributed by atoms with Crippen molar-refractivity contribution in [3.63, 3.8) is 0 Å². The number of nitrogens with zero attached hydrogens (tertiary/aromatic N) is 2. The van der Waals surface area contributed by atoms with E-state index in [-0.39, 0.29) is 35.6 Å². The lowest BCUT2D eigenvalue weighted by Crippen LogP contribution is -2.47. The molecule has 1 aromatic carbocycles. The van der Waals surface area contributed by atoms with Crippen LogP contribution in [0.3, 0.4) is 0 Å². The van der Waals surface area contributed by atoms with Crippen molar-refractivity contribution in [3.05, 3.63) is 40.2 Å². The minimum Gasteiger partial charge on any atom is -0.396 e. The first-order valence-electron chi connectivity index (χ1n) is 7.51. The summed E-state index contributed by atoms with van der Waals surface area (Å²) in [5.74, 6) is -0.294. The maximum Gasteiger partial charge on any atom is 0.278 e. The van der Waals surface area contributed by atoms with Crippen LogP contribution < -0.4 is 5.43 Å². The van der Waals surface area contributed by atoms with E-state index >= 15 is 0 Å². The molecule has 1 fully saturated rings. The second kappa shape index (κ2) is 5.88. The average molecular weight is 301 g/mol. The normalized spacial score (nSPS) is 22.0. The zero-order valence-electron chi connectivity index (χ0n) is 12.5. The Hall–Kier alpha value is -2.21. The highest BCUT2D eigenvalue weighted by molar-refractivity contribution is 5.95. The number of carbonyl (C=O) groups is 1. The quantitative estimate of drug-likeness (QED) is 0.871. The summed E-state index contributed by atoms with van der Waals surface area (Å²) in [7, 11) is 0. The summed E-state index contributed by atoms with van der Waals surface area (Å²) < 4.78 is 0. The maximum absolute atomic E-state index is 12.7. The van der Waals surface area contributed by atoms with Gasteiger partial charge in [-0.3, -0.25) is 14.7 Å². The van der Waals surface area contributed by atoms with Crippen LogP contribution in [0.25, 0.3) is 10.9 Å². The molecule has 1 aliphatic heterocycles. The van der Waals surface area contributed by atoms with Crippen molar-refractivity contribution < 1.29 is 9.90 Å². The Morgan fingerprint density at radius 3 is 2.95 bits per heavy atom. The second-order valence-corrected chi connectivity index (χ2v) is 5.88. The van der Waals surface area contributed by atoms with E-state index < -0.39 is 0 Å². The summed E-state index contributed by atoms with van der Waals surface area (Å²) in [5, 5.41) is 16.5. The largest absolute Gasteiger partial charge is 0.396 e. The predicted molar refractivity (Wildman–Crippen MR) is 82.7 cm³/mol. The molecule has 2 heterocycles. The van der Waals surface area contributed by atoms with Crippen LogP contribution in [0.4, 0.5) is 0 Å². The lowest BCUT2D eigenvalue weighted by Gasteiger charge is -2.37. The number of hydrogen-bond donors (Lipinski definition) is 2. The SMILES string of the molecule is CC1CCC(CO)CN1C(=O)c1n[nH]c2ccccc2c1=O. The minimum absolute atomic E-state index is 0.0444. The predicted octanol–water partition coefficient (Wildman–Crippen LogP) is 1.16. The van der Waals surface area contributed by atoms with Gasteiger partial charge < -0.3 is 10.0 Å². The molecular formula is C16H19N3O3. The molecule has 0 aliphatic carbocycles. The van der Waals surface area contributed by atoms with Gasteiger partial charge in [-0.25, -0.2) is 0 Å². The van der Waals surface area contributed by atoms with E-state index in [0.29, 0.717) is 17.4 Å². The van der Waals surface area contributed by atoms with Gasteiger partial charge in [-0.1, -0.05) is 12.1 Å². The van der Waals surface area contributed by atoms with Gasteiger partial charge in [-0.2, -0.15) is 5.10 Å². The molecule has 6 nitrogen and oxygen atoms in total. The van der Waals surface area contributed by atoms with Gasteiger partial charge in [0.1, 0.15) is 0 Å². The zero-order valence-corrected chi connectivity index (χ0v) is 12.5. The summed E-state index contributed by atoms with van der Waals surface area (Å²) in [6, 6.07) is 7.05. The van der Waals surface area contributed by atoms with E-state index in [1.54, 1.807) is 29.2 Å². The number of H-pyrrole nitrogens is 1. The number of piperidine rings is 1. The standard InChI is InChI=1S/C16H19N3O3/c1-10-6-7-11(9-20)8-19(10)16(22)14-15(21)12-4-2-3-5-13(12)17-18-14/h2-5,10-11,20H,6-9H2,1H3,(H,17,21). The first kappa shape index (κ1) is 14.7. The molecule has 116 valence electrons. The van der Waals surface area contributed by atoms with Gasteiger partial charge in [0, 0.05) is 24.6 Å². The maximum atomic E-state index is 12.7. The molecule has 22 heavy (non-hydrogen) atoms. The first-order valence-corrected chi connectivity index (χ1v) is 7.51. The fourth-order valence-corrected chi connectivity index (χ4v) is 2.97. The molecule has 0 saturated carbocycles. The number of benzene rings is 1. The molecule has 2 unspecified atom stereocenters. The Bertz CT molecular complexity index is 756. The average Bonchev–Trinajstić information content (AvgIpc) is 2.55. The number of carbonyl (C=O) groups excluding carboxylic acids is 1. The molecule has 0 spiro atoms. The molecule has 1 aromatic heterocycles. The number of rotatable bonds is 2. The molecule has 2 N–H and O–H groups in total. The summed E-state index contributed by atoms with van der Waals surface area (Å²) in [5.41, 5.74) is 0.186. The third-order valence-corrected chi connectivity index (χ3v) is 4.38. The molecule has 2 atom stereocenters. The minimum atomic E-state index is -0.363. The fraction of sp³-hybridized carbons (Fsp3) is 0.438. The van der Waals surface area contributed by atoms with E-state index in [4.69, 9.17) is 0 Å². The number of hydrogen-bond acceptors (Lipinski definition) is 4. The van der Waals surface area contributed by atoms with Gasteiger partial charge in [-0.05, 0) is 37.8 Å². The number of nitrogens with one attached hydrogen (secondary N) is 1. The molecule has 1 aliphatic rings. The van der Waals surface area contributed by atoms with Crippen LogP contribution in [-0.4, -0.2) is 45.3 Å². The number of likely N-dealkylation sites (tertiary alicyclic amines) is 1. The highest BCUT2D eigenvalue weighted by Crippen LogP contribution is 2.22. The summed E-state index contributed by atoms with van der Waals surface area (Å²) in [4.78, 5) is 26.8. The highest BCUT2D eigenvalue weighted by atomic mass is 16.3. The molecule has 1 saturated heterocycles. The summed E-state index contributed by atoms with van der Waals surface area (Å²) >= 11 is 0. The van der Waals surface area contributed by atoms with Crippen LogP contribution in [0.1, 0.15) is 30.3 Å². The van der Waals surface area contributed by atoms with E-state index in [1.807, 2.05) is 6.92 Å². The monoisotopic (exact) mass is 301 g/mol. The van der Waals surface area contributed by atoms with Gasteiger partial charge in [0.15, 0.2) is 5.69 Å². The molecule has 2 aromatic rings. The van der Waals surface area contributed by atoms with E-state index in [9.17, 15) is 14.7 Å². The molecular weight excluding hydrogens is 282 g/mol. The van der Waals surface area contributed by atoms with E-state index in [1.165, 1.54) is 0 Å². The number of aromatic nitrogens is 2. The van der Waals surface area contributed by atoms with Gasteiger partial charge >= 0.3 is 0 Å². The first-order chi connectivity index (χ1) is 10.6. The number of aromatic amines is 1. The van der Waals surface area contributed by atoms with Crippen LogP contribution in [0.2, 0.25) is 0 Å². The van der Waals surface area contributed by atoms with E-state index in [2.05, 4.69) is 10.2 Å². The lowest BCUT2D eigenvalue weighted by atomic mass is 9.94. The van der Waals surface area contributed by atoms with Crippen molar-refractivity contribution in [2.45, 2.75) is 25.8 Å². The molecule has 0 radical (unpaired) electrons. The van der Waals surface area contributed by atoms with Crippen molar-refractivity contribution in [1.29, 1.82) is 0 Å². The second-order valence-electron chi connectivity index (χ2n) is 5.88. The number of aliphatic hydroxyl groups excluding tert-OH is 1. The number of aliphatic hydroxyl groups is 1. The third-order valence-electron chi connectivity index (χ3n) is 4.38. The molecule has 0 bridgehead atoms. The van der Waals surface area contributed by atoms with Crippen LogP contribution in [0.5, 0.6) is 0 Å². The van der Waals surface area contributed by atoms with Crippen LogP contribution in [-0.2, 0) is 0 Å². The van der Waals surface area contributed by atoms with E-state index in [0.717, 1.165) is 12.8 Å². The van der Waals surface area contributed by atoms with Crippen molar-refractivity contribution in [2.75, 3.05) is 13.2 Å². The Balaban J connectivity index is 1.98. The fourth-order valence-electron chi connectivity index (χ4n) is 2.97. The third kappa shape index (κ3) is 2.50. The molecule has 6 heteroatoms. The lowest BCUT2D eigenvalue weighted by molar-refractivity contribution is 0.0481. The Kier molecular flexibility index (Phi) is 3.94. The van der Waals surface area contributed by atoms with Crippen molar-refractivity contribution in [2.24, 2.45) is 5.92 Å². The van der Waals surface area contributed by atoms with Gasteiger partial charge in [-0.15, -0.1) is 0 Å². The topological polar surface area (TPSA) is 86.3 Å². The van der Waals surface area contributed by atoms with Crippen molar-refractivity contribution in [3.8, 4) is 0 Å². The summed E-state index contributed by atoms with van der Waals surface area (Å²) in [6.45, 7) is 2.48. The zero-order chi connectivity index (χ0) is 15.7. The van der Waals surface area contributed by atoms with Crippen LogP contribution in [0.15, 0.2) is 29.1 Å². The van der Waals surface area contributed by atoms with Gasteiger partial charge in [0.2, 0.25) is 5.43 Å². The Labute approximate surface area is 127 Å². The number of amides is 1. The Morgan fingerprint density at radius 2 is 2.18 bits per heavy atom. The molecule has 1 amide bonds. The van der Waals surface area contributed by atoms with Crippen LogP contribution >= 0.6 is 0 Å². The van der Waals surface area contributed by atoms with Crippen LogP contribution in [0, 0.1) is 5.92 Å².